The third kappa shape index (κ3) is 3.06. The number of aliphatic carboxylic acids is 1. The number of carbonyl (C=O) groups excluding carboxylic acids is 1. The standard InChI is InChI=1S/C11H14N2O3/c12-9(11(15)16)6-8(10(13)14)7-4-2-1-3-5-7/h1-5,8-9H,6,12H2,(H2,13,14)(H,15,16)/t8?,9-/m0/s1. The van der Waals surface area contributed by atoms with E-state index in [2.05, 4.69) is 0 Å². The first-order valence-electron chi connectivity index (χ1n) is 4.85. The van der Waals surface area contributed by atoms with Gasteiger partial charge in [-0.05, 0) is 12.0 Å². The molecule has 0 saturated carbocycles. The van der Waals surface area contributed by atoms with Gasteiger partial charge < -0.3 is 16.6 Å². The fraction of sp³-hybridized carbons (Fsp3) is 0.273. The zero-order chi connectivity index (χ0) is 12.1. The van der Waals surface area contributed by atoms with Gasteiger partial charge in [-0.25, -0.2) is 0 Å². The first-order valence-corrected chi connectivity index (χ1v) is 4.85. The van der Waals surface area contributed by atoms with E-state index < -0.39 is 23.8 Å². The van der Waals surface area contributed by atoms with Crippen molar-refractivity contribution in [1.29, 1.82) is 0 Å². The molecule has 0 fully saturated rings. The molecule has 0 aliphatic heterocycles. The number of rotatable bonds is 5. The monoisotopic (exact) mass is 222 g/mol. The second-order valence-corrected chi connectivity index (χ2v) is 3.55. The minimum absolute atomic E-state index is 0.00861. The Morgan fingerprint density at radius 3 is 2.25 bits per heavy atom. The van der Waals surface area contributed by atoms with Gasteiger partial charge in [0.25, 0.3) is 0 Å². The lowest BCUT2D eigenvalue weighted by Crippen LogP contribution is -2.35. The van der Waals surface area contributed by atoms with Crippen molar-refractivity contribution in [2.45, 2.75) is 18.4 Å². The molecule has 0 aliphatic carbocycles. The summed E-state index contributed by atoms with van der Waals surface area (Å²) in [5.74, 6) is -2.36. The lowest BCUT2D eigenvalue weighted by Gasteiger charge is -2.15. The summed E-state index contributed by atoms with van der Waals surface area (Å²) in [5, 5.41) is 8.68. The van der Waals surface area contributed by atoms with Crippen LogP contribution in [0.4, 0.5) is 0 Å². The lowest BCUT2D eigenvalue weighted by atomic mass is 9.92. The summed E-state index contributed by atoms with van der Waals surface area (Å²) in [7, 11) is 0. The predicted octanol–water partition coefficient (Wildman–Crippen LogP) is 0.0575. The minimum atomic E-state index is -1.14. The number of amides is 1. The van der Waals surface area contributed by atoms with Crippen molar-refractivity contribution in [3.63, 3.8) is 0 Å². The van der Waals surface area contributed by atoms with Gasteiger partial charge in [-0.2, -0.15) is 0 Å². The van der Waals surface area contributed by atoms with Gasteiger partial charge in [-0.1, -0.05) is 30.3 Å². The Morgan fingerprint density at radius 2 is 1.81 bits per heavy atom. The molecule has 0 aliphatic rings. The van der Waals surface area contributed by atoms with Gasteiger partial charge in [-0.3, -0.25) is 9.59 Å². The topological polar surface area (TPSA) is 106 Å². The van der Waals surface area contributed by atoms with E-state index in [0.29, 0.717) is 5.56 Å². The molecule has 0 aromatic heterocycles. The van der Waals surface area contributed by atoms with Crippen molar-refractivity contribution >= 4 is 11.9 Å². The Hall–Kier alpha value is -1.88. The third-order valence-electron chi connectivity index (χ3n) is 2.35. The second kappa shape index (κ2) is 5.27. The fourth-order valence-electron chi connectivity index (χ4n) is 1.46. The molecule has 0 radical (unpaired) electrons. The molecule has 1 unspecified atom stereocenters. The largest absolute Gasteiger partial charge is 0.480 e. The van der Waals surface area contributed by atoms with Crippen LogP contribution in [0.5, 0.6) is 0 Å². The third-order valence-corrected chi connectivity index (χ3v) is 2.35. The highest BCUT2D eigenvalue weighted by atomic mass is 16.4. The van der Waals surface area contributed by atoms with Gasteiger partial charge in [0.2, 0.25) is 5.91 Å². The normalized spacial score (nSPS) is 14.1. The number of primary amides is 1. The summed E-state index contributed by atoms with van der Waals surface area (Å²) in [6.45, 7) is 0. The van der Waals surface area contributed by atoms with Crippen LogP contribution in [0.1, 0.15) is 17.9 Å². The number of carboxylic acid groups (broad SMARTS) is 1. The van der Waals surface area contributed by atoms with Crippen LogP contribution in [0.25, 0.3) is 0 Å². The molecule has 86 valence electrons. The van der Waals surface area contributed by atoms with E-state index in [9.17, 15) is 9.59 Å². The Labute approximate surface area is 93.1 Å². The van der Waals surface area contributed by atoms with Gasteiger partial charge in [0.05, 0.1) is 5.92 Å². The Morgan fingerprint density at radius 1 is 1.25 bits per heavy atom. The minimum Gasteiger partial charge on any atom is -0.480 e. The maximum absolute atomic E-state index is 11.2. The van der Waals surface area contributed by atoms with Crippen LogP contribution in [-0.4, -0.2) is 23.0 Å². The molecule has 0 spiro atoms. The quantitative estimate of drug-likeness (QED) is 0.654. The maximum Gasteiger partial charge on any atom is 0.320 e. The van der Waals surface area contributed by atoms with Crippen molar-refractivity contribution in [2.24, 2.45) is 11.5 Å². The van der Waals surface area contributed by atoms with E-state index in [4.69, 9.17) is 16.6 Å². The number of nitrogens with two attached hydrogens (primary N) is 2. The number of hydrogen-bond donors (Lipinski definition) is 3. The highest BCUT2D eigenvalue weighted by Gasteiger charge is 2.24. The van der Waals surface area contributed by atoms with Crippen LogP contribution in [0.15, 0.2) is 30.3 Å². The lowest BCUT2D eigenvalue weighted by molar-refractivity contribution is -0.138. The molecule has 1 amide bonds. The second-order valence-electron chi connectivity index (χ2n) is 3.55. The molecule has 1 rings (SSSR count). The predicted molar refractivity (Wildman–Crippen MR) is 58.6 cm³/mol. The van der Waals surface area contributed by atoms with Crippen LogP contribution in [0.2, 0.25) is 0 Å². The van der Waals surface area contributed by atoms with E-state index in [1.165, 1.54) is 0 Å². The first kappa shape index (κ1) is 12.2. The highest BCUT2D eigenvalue weighted by molar-refractivity contribution is 5.83. The average Bonchev–Trinajstić information content (AvgIpc) is 2.26. The van der Waals surface area contributed by atoms with E-state index in [0.717, 1.165) is 0 Å². The summed E-state index contributed by atoms with van der Waals surface area (Å²) < 4.78 is 0. The van der Waals surface area contributed by atoms with Crippen LogP contribution in [0.3, 0.4) is 0 Å². The molecular formula is C11H14N2O3. The van der Waals surface area contributed by atoms with Gasteiger partial charge in [-0.15, -0.1) is 0 Å². The van der Waals surface area contributed by atoms with E-state index >= 15 is 0 Å². The summed E-state index contributed by atoms with van der Waals surface area (Å²) in [5.41, 5.74) is 11.3. The molecule has 16 heavy (non-hydrogen) atoms. The molecule has 0 heterocycles. The number of benzene rings is 1. The van der Waals surface area contributed by atoms with Crippen LogP contribution in [-0.2, 0) is 9.59 Å². The van der Waals surface area contributed by atoms with E-state index in [1.807, 2.05) is 0 Å². The zero-order valence-electron chi connectivity index (χ0n) is 8.67. The van der Waals surface area contributed by atoms with E-state index in [1.54, 1.807) is 30.3 Å². The molecule has 1 aromatic carbocycles. The van der Waals surface area contributed by atoms with Gasteiger partial charge >= 0.3 is 5.97 Å². The Balaban J connectivity index is 2.85. The molecule has 5 heteroatoms. The molecular weight excluding hydrogens is 208 g/mol. The van der Waals surface area contributed by atoms with Crippen LogP contribution >= 0.6 is 0 Å². The van der Waals surface area contributed by atoms with Crippen molar-refractivity contribution in [1.82, 2.24) is 0 Å². The Kier molecular flexibility index (Phi) is 4.02. The zero-order valence-corrected chi connectivity index (χ0v) is 8.67. The van der Waals surface area contributed by atoms with Crippen molar-refractivity contribution in [3.05, 3.63) is 35.9 Å². The van der Waals surface area contributed by atoms with Crippen molar-refractivity contribution in [3.8, 4) is 0 Å². The summed E-state index contributed by atoms with van der Waals surface area (Å²) in [6, 6.07) is 7.69. The number of carbonyl (C=O) groups is 2. The molecule has 5 nitrogen and oxygen atoms in total. The molecule has 2 atom stereocenters. The van der Waals surface area contributed by atoms with Crippen molar-refractivity contribution in [2.75, 3.05) is 0 Å². The number of carboxylic acids is 1. The van der Waals surface area contributed by atoms with Gasteiger partial charge in [0, 0.05) is 0 Å². The summed E-state index contributed by atoms with van der Waals surface area (Å²) in [6.07, 6.45) is 0.00861. The van der Waals surface area contributed by atoms with Crippen molar-refractivity contribution < 1.29 is 14.7 Å². The van der Waals surface area contributed by atoms with Crippen LogP contribution < -0.4 is 11.5 Å². The highest BCUT2D eigenvalue weighted by Crippen LogP contribution is 2.20. The maximum atomic E-state index is 11.2. The molecule has 1 aromatic rings. The Bertz CT molecular complexity index is 378. The smallest absolute Gasteiger partial charge is 0.320 e. The average molecular weight is 222 g/mol. The SMILES string of the molecule is NC(=O)C(C[C@H](N)C(=O)O)c1ccccc1. The molecule has 0 saturated heterocycles. The molecule has 0 bridgehead atoms. The fourth-order valence-corrected chi connectivity index (χ4v) is 1.46. The first-order chi connectivity index (χ1) is 7.52. The van der Waals surface area contributed by atoms with Gasteiger partial charge in [0.15, 0.2) is 0 Å². The van der Waals surface area contributed by atoms with Crippen LogP contribution in [0, 0.1) is 0 Å². The molecule has 5 N–H and O–H groups in total. The summed E-state index contributed by atoms with van der Waals surface area (Å²) in [4.78, 5) is 21.8. The van der Waals surface area contributed by atoms with E-state index in [-0.39, 0.29) is 6.42 Å². The number of hydrogen-bond acceptors (Lipinski definition) is 3. The summed E-state index contributed by atoms with van der Waals surface area (Å²) >= 11 is 0. The van der Waals surface area contributed by atoms with Gasteiger partial charge in [0.1, 0.15) is 6.04 Å².